The summed E-state index contributed by atoms with van der Waals surface area (Å²) in [5.41, 5.74) is 82.8. The molecule has 0 heterocycles. The molecule has 6 amide bonds. The molecule has 0 spiro atoms. The van der Waals surface area contributed by atoms with E-state index < -0.39 is 77.7 Å². The van der Waals surface area contributed by atoms with Crippen molar-refractivity contribution in [3.8, 4) is 0 Å². The molecule has 0 saturated carbocycles. The molecule has 0 aromatic carbocycles. The van der Waals surface area contributed by atoms with Gasteiger partial charge in [0.2, 0.25) is 35.4 Å². The molecule has 35 heteroatoms. The van der Waals surface area contributed by atoms with E-state index in [0.29, 0.717) is 19.1 Å². The second-order valence-corrected chi connectivity index (χ2v) is 17.3. The van der Waals surface area contributed by atoms with E-state index in [-0.39, 0.29) is 165 Å². The highest BCUT2D eigenvalue weighted by Crippen LogP contribution is 2.10. The van der Waals surface area contributed by atoms with Gasteiger partial charge in [-0.05, 0) is 89.9 Å². The number of rotatable bonds is 41. The third-order valence-electron chi connectivity index (χ3n) is 10.7. The topological polar surface area (TPSA) is 668 Å². The Kier molecular flexibility index (Phi) is 35.3. The average Bonchev–Trinajstić information content (AvgIpc) is 3.34. The normalized spacial score (nSPS) is 13.3. The number of nitrogens with zero attached hydrogens (tertiary/aromatic N) is 7. The first kappa shape index (κ1) is 68.3. The predicted octanol–water partition coefficient (Wildman–Crippen LogP) is -10.2. The lowest BCUT2D eigenvalue weighted by atomic mass is 10.0. The van der Waals surface area contributed by atoms with Crippen LogP contribution in [-0.2, 0) is 33.6 Å². The molecule has 0 aliphatic rings. The third-order valence-corrected chi connectivity index (χ3v) is 10.7. The molecule has 0 rings (SSSR count). The quantitative estimate of drug-likeness (QED) is 0.0117. The van der Waals surface area contributed by atoms with E-state index in [9.17, 15) is 33.6 Å². The van der Waals surface area contributed by atoms with E-state index in [1.165, 1.54) is 0 Å². The van der Waals surface area contributed by atoms with Crippen LogP contribution in [0.4, 0.5) is 0 Å². The summed E-state index contributed by atoms with van der Waals surface area (Å²) < 4.78 is 0. The van der Waals surface area contributed by atoms with Gasteiger partial charge in [-0.25, -0.2) is 0 Å². The van der Waals surface area contributed by atoms with Crippen LogP contribution in [0.5, 0.6) is 0 Å². The fourth-order valence-corrected chi connectivity index (χ4v) is 6.86. The second kappa shape index (κ2) is 39.8. The molecule has 0 aromatic heterocycles. The van der Waals surface area contributed by atoms with Crippen molar-refractivity contribution in [3.05, 3.63) is 0 Å². The first-order valence-electron chi connectivity index (χ1n) is 24.8. The van der Waals surface area contributed by atoms with E-state index in [1.54, 1.807) is 0 Å². The molecular weight excluding hydrogens is 1010 g/mol. The Morgan fingerprint density at radius 2 is 0.494 bits per heavy atom. The highest BCUT2D eigenvalue weighted by atomic mass is 16.2. The molecule has 0 aromatic rings. The number of hydrogen-bond donors (Lipinski definition) is 21. The minimum absolute atomic E-state index is 0.00740. The van der Waals surface area contributed by atoms with Gasteiger partial charge in [-0.15, -0.1) is 0 Å². The smallest absolute Gasteiger partial charge is 0.243 e. The van der Waals surface area contributed by atoms with Crippen LogP contribution in [0.1, 0.15) is 89.9 Å². The molecule has 0 unspecified atom stereocenters. The van der Waals surface area contributed by atoms with Crippen molar-refractivity contribution in [2.24, 2.45) is 121 Å². The van der Waals surface area contributed by atoms with Crippen LogP contribution in [0.15, 0.2) is 34.9 Å². The molecule has 0 radical (unpaired) electrons. The summed E-state index contributed by atoms with van der Waals surface area (Å²) in [6.45, 7) is 0.571. The van der Waals surface area contributed by atoms with E-state index >= 15 is 0 Å². The predicted molar refractivity (Wildman–Crippen MR) is 295 cm³/mol. The lowest BCUT2D eigenvalue weighted by Gasteiger charge is -2.28. The lowest BCUT2D eigenvalue weighted by molar-refractivity contribution is -0.135. The number of aliphatic imine (C=N–C) groups is 7. The molecule has 0 aliphatic heterocycles. The fourth-order valence-electron chi connectivity index (χ4n) is 6.86. The number of guanidine groups is 7. The Bertz CT molecular complexity index is 2050. The Morgan fingerprint density at radius 3 is 0.714 bits per heavy atom. The monoisotopic (exact) mass is 1090 g/mol. The lowest BCUT2D eigenvalue weighted by Crippen LogP contribution is -2.59. The first-order chi connectivity index (χ1) is 36.4. The zero-order valence-electron chi connectivity index (χ0n) is 43.6. The summed E-state index contributed by atoms with van der Waals surface area (Å²) in [4.78, 5) is 124. The number of nitrogens with one attached hydrogen (secondary N) is 6. The molecule has 35 nitrogen and oxygen atoms in total. The molecule has 36 N–H and O–H groups in total. The second-order valence-electron chi connectivity index (χ2n) is 17.3. The maximum atomic E-state index is 14.4. The van der Waals surface area contributed by atoms with Crippen molar-refractivity contribution in [3.63, 3.8) is 0 Å². The van der Waals surface area contributed by atoms with E-state index in [2.05, 4.69) is 66.8 Å². The molecule has 7 atom stereocenters. The van der Waals surface area contributed by atoms with Gasteiger partial charge in [-0.1, -0.05) is 0 Å². The van der Waals surface area contributed by atoms with Gasteiger partial charge in [0.25, 0.3) is 0 Å². The molecule has 0 saturated heterocycles. The highest BCUT2D eigenvalue weighted by Gasteiger charge is 2.33. The van der Waals surface area contributed by atoms with Gasteiger partial charge in [0, 0.05) is 45.8 Å². The van der Waals surface area contributed by atoms with Crippen LogP contribution in [0, 0.1) is 0 Å². The summed E-state index contributed by atoms with van der Waals surface area (Å²) in [5.74, 6) is -6.28. The molecule has 77 heavy (non-hydrogen) atoms. The minimum atomic E-state index is -1.43. The molecule has 0 fully saturated rings. The van der Waals surface area contributed by atoms with E-state index in [1.807, 2.05) is 0 Å². The van der Waals surface area contributed by atoms with Crippen molar-refractivity contribution >= 4 is 83.4 Å². The van der Waals surface area contributed by atoms with Gasteiger partial charge < -0.3 is 123 Å². The van der Waals surface area contributed by atoms with E-state index in [0.717, 1.165) is 0 Å². The number of aldehydes is 1. The van der Waals surface area contributed by atoms with Gasteiger partial charge in [0.1, 0.15) is 36.5 Å². The van der Waals surface area contributed by atoms with Crippen LogP contribution in [0.2, 0.25) is 0 Å². The van der Waals surface area contributed by atoms with Crippen molar-refractivity contribution in [1.29, 1.82) is 0 Å². The Labute approximate surface area is 446 Å². The van der Waals surface area contributed by atoms with Crippen LogP contribution >= 0.6 is 0 Å². The maximum Gasteiger partial charge on any atom is 0.243 e. The van der Waals surface area contributed by atoms with Crippen LogP contribution in [0.25, 0.3) is 0 Å². The third kappa shape index (κ3) is 35.2. The van der Waals surface area contributed by atoms with Gasteiger partial charge in [0.05, 0.1) is 12.1 Å². The molecular formula is C42H86N28O7. The molecule has 0 bridgehead atoms. The Morgan fingerprint density at radius 1 is 0.299 bits per heavy atom. The largest absolute Gasteiger partial charge is 0.370 e. The number of carbonyl (C=O) groups excluding carboxylic acids is 7. The summed E-state index contributed by atoms with van der Waals surface area (Å²) >= 11 is 0. The van der Waals surface area contributed by atoms with Gasteiger partial charge >= 0.3 is 0 Å². The summed E-state index contributed by atoms with van der Waals surface area (Å²) in [7, 11) is 0. The number of nitrogens with two attached hydrogens (primary N) is 15. The SMILES string of the molecule is NC(N)=NCCC[C@@H](C=O)NC(=O)[C@H](CCCN=C(N)N)NC(=O)[C@H](CCCN=C(N)N)NC(=O)[C@H](CCCN=C(N)N)NC(=O)[C@H](CCCN=C(N)N)NC(=O)[C@H](CCCN=C(N)N)NC(=O)[C@@H](N)CCCN=C(N)N. The summed E-state index contributed by atoms with van der Waals surface area (Å²) in [6.07, 6.45) is 1.84. The maximum absolute atomic E-state index is 14.4. The van der Waals surface area contributed by atoms with Crippen molar-refractivity contribution in [2.45, 2.75) is 132 Å². The Hall–Kier alpha value is -8.66. The number of hydrogen-bond acceptors (Lipinski definition) is 15. The minimum Gasteiger partial charge on any atom is -0.370 e. The molecule has 0 aliphatic carbocycles. The van der Waals surface area contributed by atoms with Crippen molar-refractivity contribution in [1.82, 2.24) is 31.9 Å². The first-order valence-corrected chi connectivity index (χ1v) is 24.8. The van der Waals surface area contributed by atoms with Crippen molar-refractivity contribution < 1.29 is 33.6 Å². The average molecular weight is 1100 g/mol. The zero-order valence-corrected chi connectivity index (χ0v) is 43.6. The standard InChI is InChI=1S/C42H86N28O7/c43-24(9-2-16-59-37(46)47)30(72)66-26(11-4-18-61-39(50)51)32(74)68-28(13-6-20-63-41(54)55)34(76)70-29(14-7-21-64-42(56)57)35(77)69-27(12-5-19-62-40(52)53)33(75)67-25(10-3-17-60-38(48)49)31(73)65-23(22-71)8-1-15-58-36(44)45/h22-29H,1-21,43H2,(H,65,73)(H,66,72)(H,67,75)(H,68,74)(H,69,77)(H,70,76)(H4,44,45,58)(H4,46,47,59)(H4,48,49,60)(H4,50,51,61)(H4,52,53,62)(H4,54,55,63)(H4,56,57,64)/t23-,24-,25-,26-,27-,28-,29-/m0/s1. The van der Waals surface area contributed by atoms with Gasteiger partial charge in [-0.2, -0.15) is 0 Å². The Balaban J connectivity index is 7.10. The summed E-state index contributed by atoms with van der Waals surface area (Å²) in [5, 5.41) is 15.9. The fraction of sp³-hybridized carbons (Fsp3) is 0.667. The van der Waals surface area contributed by atoms with Crippen LogP contribution < -0.4 is 118 Å². The molecule has 436 valence electrons. The van der Waals surface area contributed by atoms with Crippen LogP contribution in [0.3, 0.4) is 0 Å². The van der Waals surface area contributed by atoms with Crippen LogP contribution in [-0.4, -0.2) is 172 Å². The number of amides is 6. The highest BCUT2D eigenvalue weighted by molar-refractivity contribution is 5.97. The summed E-state index contributed by atoms with van der Waals surface area (Å²) in [6, 6.07) is -8.88. The van der Waals surface area contributed by atoms with Gasteiger partial charge in [-0.3, -0.25) is 63.7 Å². The number of carbonyl (C=O) groups is 7. The van der Waals surface area contributed by atoms with E-state index in [4.69, 9.17) is 86.0 Å². The van der Waals surface area contributed by atoms with Crippen molar-refractivity contribution in [2.75, 3.05) is 45.8 Å². The zero-order chi connectivity index (χ0) is 58.3. The van der Waals surface area contributed by atoms with Gasteiger partial charge in [0.15, 0.2) is 41.7 Å².